The maximum absolute atomic E-state index is 12.6. The first-order chi connectivity index (χ1) is 14.2. The van der Waals surface area contributed by atoms with Crippen molar-refractivity contribution in [3.63, 3.8) is 0 Å². The van der Waals surface area contributed by atoms with Gasteiger partial charge in [0.2, 0.25) is 5.91 Å². The van der Waals surface area contributed by atoms with Gasteiger partial charge in [0, 0.05) is 0 Å². The second-order valence-electron chi connectivity index (χ2n) is 7.34. The Kier molecular flexibility index (Phi) is 5.75. The van der Waals surface area contributed by atoms with Crippen molar-refractivity contribution >= 4 is 17.5 Å². The van der Waals surface area contributed by atoms with E-state index in [0.717, 1.165) is 18.4 Å². The highest BCUT2D eigenvalue weighted by atomic mass is 16.3. The zero-order valence-corrected chi connectivity index (χ0v) is 16.2. The SMILES string of the molecule is O=C(Cc1ccc2c(c1)CCCC2)Nc1ccccc1C(=O)NCc1ccco1. The third-order valence-corrected chi connectivity index (χ3v) is 5.23. The number of benzene rings is 2. The molecule has 1 heterocycles. The minimum Gasteiger partial charge on any atom is -0.467 e. The van der Waals surface area contributed by atoms with Crippen LogP contribution in [0.15, 0.2) is 65.3 Å². The number of carbonyl (C=O) groups excluding carboxylic acids is 2. The van der Waals surface area contributed by atoms with Gasteiger partial charge >= 0.3 is 0 Å². The summed E-state index contributed by atoms with van der Waals surface area (Å²) in [7, 11) is 0. The van der Waals surface area contributed by atoms with E-state index in [2.05, 4.69) is 22.8 Å². The molecule has 2 aromatic carbocycles. The summed E-state index contributed by atoms with van der Waals surface area (Å²) in [6.45, 7) is 0.295. The van der Waals surface area contributed by atoms with Crippen LogP contribution in [0.1, 0.15) is 45.7 Å². The Labute approximate surface area is 170 Å². The van der Waals surface area contributed by atoms with E-state index in [1.807, 2.05) is 6.07 Å². The van der Waals surface area contributed by atoms with Crippen LogP contribution in [0.4, 0.5) is 5.69 Å². The molecule has 5 nitrogen and oxygen atoms in total. The van der Waals surface area contributed by atoms with E-state index in [4.69, 9.17) is 4.42 Å². The van der Waals surface area contributed by atoms with Gasteiger partial charge in [0.25, 0.3) is 5.91 Å². The molecule has 148 valence electrons. The monoisotopic (exact) mass is 388 g/mol. The van der Waals surface area contributed by atoms with E-state index in [1.165, 1.54) is 24.0 Å². The Bertz CT molecular complexity index is 1010. The van der Waals surface area contributed by atoms with Gasteiger partial charge in [-0.2, -0.15) is 0 Å². The average Bonchev–Trinajstić information content (AvgIpc) is 3.26. The van der Waals surface area contributed by atoms with Crippen LogP contribution in [0, 0.1) is 0 Å². The predicted octanol–water partition coefficient (Wildman–Crippen LogP) is 4.27. The van der Waals surface area contributed by atoms with E-state index in [9.17, 15) is 9.59 Å². The van der Waals surface area contributed by atoms with Crippen molar-refractivity contribution in [3.05, 3.63) is 88.9 Å². The number of fused-ring (bicyclic) bond motifs is 1. The molecule has 0 spiro atoms. The van der Waals surface area contributed by atoms with E-state index in [-0.39, 0.29) is 18.2 Å². The largest absolute Gasteiger partial charge is 0.467 e. The first-order valence-electron chi connectivity index (χ1n) is 9.99. The van der Waals surface area contributed by atoms with Crippen LogP contribution in [0.5, 0.6) is 0 Å². The summed E-state index contributed by atoms with van der Waals surface area (Å²) in [5.41, 5.74) is 4.70. The van der Waals surface area contributed by atoms with E-state index < -0.39 is 0 Å². The molecule has 0 saturated carbocycles. The molecule has 1 aromatic heterocycles. The summed E-state index contributed by atoms with van der Waals surface area (Å²) >= 11 is 0. The Hall–Kier alpha value is -3.34. The van der Waals surface area contributed by atoms with Crippen LogP contribution in [0.3, 0.4) is 0 Å². The maximum atomic E-state index is 12.6. The van der Waals surface area contributed by atoms with E-state index >= 15 is 0 Å². The van der Waals surface area contributed by atoms with Crippen molar-refractivity contribution in [1.82, 2.24) is 5.32 Å². The highest BCUT2D eigenvalue weighted by molar-refractivity contribution is 6.04. The summed E-state index contributed by atoms with van der Waals surface area (Å²) in [5, 5.41) is 5.70. The van der Waals surface area contributed by atoms with Crippen molar-refractivity contribution in [2.24, 2.45) is 0 Å². The third-order valence-electron chi connectivity index (χ3n) is 5.23. The zero-order valence-electron chi connectivity index (χ0n) is 16.2. The Balaban J connectivity index is 1.41. The smallest absolute Gasteiger partial charge is 0.253 e. The quantitative estimate of drug-likeness (QED) is 0.662. The highest BCUT2D eigenvalue weighted by Gasteiger charge is 2.15. The Morgan fingerprint density at radius 1 is 0.931 bits per heavy atom. The molecule has 0 bridgehead atoms. The number of rotatable bonds is 6. The number of furan rings is 1. The first kappa shape index (κ1) is 19.0. The fraction of sp³-hybridized carbons (Fsp3) is 0.250. The van der Waals surface area contributed by atoms with Crippen LogP contribution >= 0.6 is 0 Å². The average molecular weight is 388 g/mol. The van der Waals surface area contributed by atoms with Crippen molar-refractivity contribution in [3.8, 4) is 0 Å². The maximum Gasteiger partial charge on any atom is 0.253 e. The number of nitrogens with one attached hydrogen (secondary N) is 2. The highest BCUT2D eigenvalue weighted by Crippen LogP contribution is 2.23. The normalized spacial score (nSPS) is 12.8. The molecule has 5 heteroatoms. The minimum absolute atomic E-state index is 0.132. The number of aryl methyl sites for hydroxylation is 2. The van der Waals surface area contributed by atoms with Gasteiger partial charge in [-0.1, -0.05) is 30.3 Å². The summed E-state index contributed by atoms with van der Waals surface area (Å²) < 4.78 is 5.24. The lowest BCUT2D eigenvalue weighted by Gasteiger charge is -2.16. The molecule has 2 N–H and O–H groups in total. The fourth-order valence-corrected chi connectivity index (χ4v) is 3.74. The summed E-state index contributed by atoms with van der Waals surface area (Å²) in [4.78, 5) is 25.2. The van der Waals surface area contributed by atoms with Gasteiger partial charge in [0.15, 0.2) is 0 Å². The van der Waals surface area contributed by atoms with Crippen molar-refractivity contribution in [1.29, 1.82) is 0 Å². The van der Waals surface area contributed by atoms with E-state index in [0.29, 0.717) is 23.6 Å². The fourth-order valence-electron chi connectivity index (χ4n) is 3.74. The van der Waals surface area contributed by atoms with Crippen molar-refractivity contribution < 1.29 is 14.0 Å². The lowest BCUT2D eigenvalue weighted by molar-refractivity contribution is -0.115. The van der Waals surface area contributed by atoms with Crippen molar-refractivity contribution in [2.45, 2.75) is 38.6 Å². The molecule has 0 fully saturated rings. The molecule has 0 radical (unpaired) electrons. The number of hydrogen-bond acceptors (Lipinski definition) is 3. The van der Waals surface area contributed by atoms with Crippen LogP contribution in [-0.4, -0.2) is 11.8 Å². The molecule has 29 heavy (non-hydrogen) atoms. The van der Waals surface area contributed by atoms with Gasteiger partial charge in [-0.15, -0.1) is 0 Å². The summed E-state index contributed by atoms with van der Waals surface area (Å²) in [5.74, 6) is 0.283. The second kappa shape index (κ2) is 8.78. The molecule has 0 saturated heterocycles. The molecule has 0 atom stereocenters. The number of carbonyl (C=O) groups is 2. The Morgan fingerprint density at radius 2 is 1.76 bits per heavy atom. The molecule has 4 rings (SSSR count). The molecule has 1 aliphatic rings. The Morgan fingerprint density at radius 3 is 2.59 bits per heavy atom. The first-order valence-corrected chi connectivity index (χ1v) is 9.99. The van der Waals surface area contributed by atoms with Gasteiger partial charge < -0.3 is 15.1 Å². The summed E-state index contributed by atoms with van der Waals surface area (Å²) in [6, 6.07) is 16.9. The second-order valence-corrected chi connectivity index (χ2v) is 7.34. The molecule has 3 aromatic rings. The van der Waals surface area contributed by atoms with Crippen LogP contribution in [0.25, 0.3) is 0 Å². The zero-order chi connectivity index (χ0) is 20.1. The number of amides is 2. The summed E-state index contributed by atoms with van der Waals surface area (Å²) in [6.07, 6.45) is 6.52. The standard InChI is InChI=1S/C24H24N2O3/c27-23(15-17-11-12-18-6-1-2-7-19(18)14-17)26-22-10-4-3-9-21(22)24(28)25-16-20-8-5-13-29-20/h3-5,8-14H,1-2,6-7,15-16H2,(H,25,28)(H,26,27). The van der Waals surface area contributed by atoms with Crippen molar-refractivity contribution in [2.75, 3.05) is 5.32 Å². The predicted molar refractivity (Wildman–Crippen MR) is 112 cm³/mol. The van der Waals surface area contributed by atoms with Gasteiger partial charge in [-0.05, 0) is 66.6 Å². The number of para-hydroxylation sites is 1. The van der Waals surface area contributed by atoms with Crippen LogP contribution in [0.2, 0.25) is 0 Å². The number of hydrogen-bond donors (Lipinski definition) is 2. The van der Waals surface area contributed by atoms with Gasteiger partial charge in [-0.25, -0.2) is 0 Å². The molecular formula is C24H24N2O3. The molecular weight excluding hydrogens is 364 g/mol. The van der Waals surface area contributed by atoms with Gasteiger partial charge in [-0.3, -0.25) is 9.59 Å². The molecule has 1 aliphatic carbocycles. The topological polar surface area (TPSA) is 71.3 Å². The van der Waals surface area contributed by atoms with Gasteiger partial charge in [0.1, 0.15) is 5.76 Å². The van der Waals surface area contributed by atoms with Crippen LogP contribution < -0.4 is 10.6 Å². The molecule has 0 unspecified atom stereocenters. The molecule has 0 aliphatic heterocycles. The lowest BCUT2D eigenvalue weighted by atomic mass is 9.90. The van der Waals surface area contributed by atoms with Crippen LogP contribution in [-0.2, 0) is 30.6 Å². The lowest BCUT2D eigenvalue weighted by Crippen LogP contribution is -2.25. The molecule has 2 amide bonds. The third kappa shape index (κ3) is 4.74. The minimum atomic E-state index is -0.258. The van der Waals surface area contributed by atoms with E-state index in [1.54, 1.807) is 42.7 Å². The number of anilines is 1. The van der Waals surface area contributed by atoms with Gasteiger partial charge in [0.05, 0.1) is 30.5 Å².